The van der Waals surface area contributed by atoms with Crippen molar-refractivity contribution in [1.29, 1.82) is 0 Å². The SMILES string of the molecule is Cn1ncc2cc(CNC(=O)[C@@H]3C[C@@H](Cc4ccc(C5CC5)cc4)CN3C(=O)OC(C)(C)C)ccc21. The van der Waals surface area contributed by atoms with Crippen LogP contribution in [-0.4, -0.2) is 44.9 Å². The number of amides is 2. The highest BCUT2D eigenvalue weighted by Gasteiger charge is 2.41. The molecular formula is C29H36N4O3. The topological polar surface area (TPSA) is 76.5 Å². The van der Waals surface area contributed by atoms with Crippen molar-refractivity contribution >= 4 is 22.9 Å². The molecule has 7 heteroatoms. The first-order valence-corrected chi connectivity index (χ1v) is 12.9. The fourth-order valence-electron chi connectivity index (χ4n) is 5.15. The Morgan fingerprint density at radius 1 is 1.08 bits per heavy atom. The number of carbonyl (C=O) groups excluding carboxylic acids is 2. The Kier molecular flexibility index (Phi) is 6.49. The van der Waals surface area contributed by atoms with Gasteiger partial charge in [0.05, 0.1) is 11.7 Å². The molecule has 2 aliphatic rings. The van der Waals surface area contributed by atoms with E-state index < -0.39 is 17.7 Å². The molecule has 2 amide bonds. The van der Waals surface area contributed by atoms with Crippen molar-refractivity contribution < 1.29 is 14.3 Å². The van der Waals surface area contributed by atoms with Gasteiger partial charge in [-0.15, -0.1) is 0 Å². The van der Waals surface area contributed by atoms with Gasteiger partial charge < -0.3 is 10.1 Å². The summed E-state index contributed by atoms with van der Waals surface area (Å²) < 4.78 is 7.49. The molecule has 0 bridgehead atoms. The Morgan fingerprint density at radius 3 is 2.50 bits per heavy atom. The first kappa shape index (κ1) is 24.3. The molecule has 2 heterocycles. The van der Waals surface area contributed by atoms with Crippen molar-refractivity contribution in [3.63, 3.8) is 0 Å². The van der Waals surface area contributed by atoms with Gasteiger partial charge in [0.1, 0.15) is 11.6 Å². The Bertz CT molecular complexity index is 1250. The molecule has 2 fully saturated rings. The lowest BCUT2D eigenvalue weighted by atomic mass is 9.95. The van der Waals surface area contributed by atoms with Gasteiger partial charge in [0.15, 0.2) is 0 Å². The zero-order valence-corrected chi connectivity index (χ0v) is 21.7. The minimum Gasteiger partial charge on any atom is -0.444 e. The first-order chi connectivity index (χ1) is 17.2. The summed E-state index contributed by atoms with van der Waals surface area (Å²) in [4.78, 5) is 28.0. The molecule has 36 heavy (non-hydrogen) atoms. The number of hydrogen-bond acceptors (Lipinski definition) is 4. The highest BCUT2D eigenvalue weighted by Crippen LogP contribution is 2.40. The van der Waals surface area contributed by atoms with Gasteiger partial charge in [-0.3, -0.25) is 14.4 Å². The number of ether oxygens (including phenoxy) is 1. The third kappa shape index (κ3) is 5.55. The number of carbonyl (C=O) groups is 2. The van der Waals surface area contributed by atoms with Gasteiger partial charge in [-0.2, -0.15) is 5.10 Å². The monoisotopic (exact) mass is 488 g/mol. The van der Waals surface area contributed by atoms with Crippen LogP contribution in [0.25, 0.3) is 10.9 Å². The lowest BCUT2D eigenvalue weighted by Crippen LogP contribution is -2.47. The molecule has 1 aliphatic heterocycles. The Hall–Kier alpha value is -3.35. The molecule has 2 aromatic carbocycles. The van der Waals surface area contributed by atoms with Crippen molar-refractivity contribution in [2.45, 2.75) is 70.6 Å². The molecule has 1 N–H and O–H groups in total. The fourth-order valence-corrected chi connectivity index (χ4v) is 5.15. The number of aromatic nitrogens is 2. The van der Waals surface area contributed by atoms with Gasteiger partial charge in [0.25, 0.3) is 0 Å². The minimum atomic E-state index is -0.617. The second kappa shape index (κ2) is 9.60. The molecule has 1 aliphatic carbocycles. The summed E-state index contributed by atoms with van der Waals surface area (Å²) in [5.41, 5.74) is 4.10. The van der Waals surface area contributed by atoms with E-state index in [4.69, 9.17) is 4.74 Å². The maximum absolute atomic E-state index is 13.3. The van der Waals surface area contributed by atoms with E-state index in [0.29, 0.717) is 19.5 Å². The van der Waals surface area contributed by atoms with E-state index in [1.165, 1.54) is 24.0 Å². The molecule has 0 spiro atoms. The van der Waals surface area contributed by atoms with E-state index in [0.717, 1.165) is 28.8 Å². The molecule has 1 aromatic heterocycles. The first-order valence-electron chi connectivity index (χ1n) is 12.9. The summed E-state index contributed by atoms with van der Waals surface area (Å²) >= 11 is 0. The third-order valence-corrected chi connectivity index (χ3v) is 7.15. The minimum absolute atomic E-state index is 0.140. The van der Waals surface area contributed by atoms with Crippen LogP contribution in [0.15, 0.2) is 48.7 Å². The van der Waals surface area contributed by atoms with E-state index in [-0.39, 0.29) is 11.8 Å². The smallest absolute Gasteiger partial charge is 0.410 e. The van der Waals surface area contributed by atoms with Crippen molar-refractivity contribution in [3.05, 3.63) is 65.4 Å². The largest absolute Gasteiger partial charge is 0.444 e. The van der Waals surface area contributed by atoms with E-state index in [1.54, 1.807) is 4.90 Å². The van der Waals surface area contributed by atoms with Crippen LogP contribution in [0.5, 0.6) is 0 Å². The number of benzene rings is 2. The molecule has 0 unspecified atom stereocenters. The highest BCUT2D eigenvalue weighted by molar-refractivity contribution is 5.86. The van der Waals surface area contributed by atoms with Crippen LogP contribution in [0.2, 0.25) is 0 Å². The molecule has 7 nitrogen and oxygen atoms in total. The van der Waals surface area contributed by atoms with Crippen LogP contribution >= 0.6 is 0 Å². The normalized spacial score (nSPS) is 20.1. The molecule has 5 rings (SSSR count). The standard InChI is InChI=1S/C29H36N4O3/c1-29(2,3)36-28(35)33-18-21(13-19-5-8-22(9-6-19)23-10-11-23)15-26(33)27(34)30-16-20-7-12-25-24(14-20)17-31-32(25)4/h5-9,12,14,17,21,23,26H,10-11,13,15-16,18H2,1-4H3,(H,30,34)/t21-,26+/m1/s1. The lowest BCUT2D eigenvalue weighted by Gasteiger charge is -2.28. The van der Waals surface area contributed by atoms with Crippen molar-refractivity contribution in [3.8, 4) is 0 Å². The number of rotatable bonds is 6. The van der Waals surface area contributed by atoms with Crippen molar-refractivity contribution in [1.82, 2.24) is 20.0 Å². The number of nitrogens with one attached hydrogen (secondary N) is 1. The van der Waals surface area contributed by atoms with E-state index in [9.17, 15) is 9.59 Å². The van der Waals surface area contributed by atoms with Gasteiger partial charge in [0.2, 0.25) is 5.91 Å². The Balaban J connectivity index is 1.26. The predicted molar refractivity (Wildman–Crippen MR) is 140 cm³/mol. The maximum Gasteiger partial charge on any atom is 0.410 e. The van der Waals surface area contributed by atoms with E-state index >= 15 is 0 Å². The molecule has 1 saturated heterocycles. The van der Waals surface area contributed by atoms with Gasteiger partial charge in [-0.25, -0.2) is 4.79 Å². The molecule has 0 radical (unpaired) electrons. The predicted octanol–water partition coefficient (Wildman–Crippen LogP) is 4.94. The van der Waals surface area contributed by atoms with Crippen LogP contribution < -0.4 is 5.32 Å². The number of fused-ring (bicyclic) bond motifs is 1. The summed E-state index contributed by atoms with van der Waals surface area (Å²) in [6.07, 6.45) is 5.44. The van der Waals surface area contributed by atoms with E-state index in [1.807, 2.05) is 56.9 Å². The quantitative estimate of drug-likeness (QED) is 0.534. The Morgan fingerprint density at radius 2 is 1.81 bits per heavy atom. The molecular weight excluding hydrogens is 452 g/mol. The second-order valence-corrected chi connectivity index (χ2v) is 11.3. The highest BCUT2D eigenvalue weighted by atomic mass is 16.6. The number of likely N-dealkylation sites (tertiary alicyclic amines) is 1. The van der Waals surface area contributed by atoms with Crippen LogP contribution in [0.4, 0.5) is 4.79 Å². The van der Waals surface area contributed by atoms with Gasteiger partial charge >= 0.3 is 6.09 Å². The van der Waals surface area contributed by atoms with Crippen LogP contribution in [0.1, 0.15) is 62.6 Å². The summed E-state index contributed by atoms with van der Waals surface area (Å²) in [6.45, 7) is 6.46. The van der Waals surface area contributed by atoms with Gasteiger partial charge in [0, 0.05) is 25.5 Å². The zero-order valence-electron chi connectivity index (χ0n) is 21.7. The summed E-state index contributed by atoms with van der Waals surface area (Å²) in [6, 6.07) is 14.4. The number of aryl methyl sites for hydroxylation is 1. The fraction of sp³-hybridized carbons (Fsp3) is 0.483. The molecule has 3 aromatic rings. The molecule has 190 valence electrons. The van der Waals surface area contributed by atoms with Crippen LogP contribution in [0.3, 0.4) is 0 Å². The lowest BCUT2D eigenvalue weighted by molar-refractivity contribution is -0.125. The van der Waals surface area contributed by atoms with Crippen LogP contribution in [-0.2, 0) is 29.5 Å². The van der Waals surface area contributed by atoms with Crippen molar-refractivity contribution in [2.24, 2.45) is 13.0 Å². The number of hydrogen-bond donors (Lipinski definition) is 1. The summed E-state index contributed by atoms with van der Waals surface area (Å²) in [5.74, 6) is 0.797. The van der Waals surface area contributed by atoms with Crippen LogP contribution in [0, 0.1) is 5.92 Å². The maximum atomic E-state index is 13.3. The average Bonchev–Trinajstić information content (AvgIpc) is 3.49. The summed E-state index contributed by atoms with van der Waals surface area (Å²) in [7, 11) is 1.91. The number of nitrogens with zero attached hydrogens (tertiary/aromatic N) is 3. The van der Waals surface area contributed by atoms with E-state index in [2.05, 4.69) is 34.7 Å². The third-order valence-electron chi connectivity index (χ3n) is 7.15. The molecule has 1 saturated carbocycles. The Labute approximate surface area is 212 Å². The average molecular weight is 489 g/mol. The zero-order chi connectivity index (χ0) is 25.4. The van der Waals surface area contributed by atoms with Crippen molar-refractivity contribution in [2.75, 3.05) is 6.54 Å². The summed E-state index contributed by atoms with van der Waals surface area (Å²) in [5, 5.41) is 8.38. The molecule has 2 atom stereocenters. The van der Waals surface area contributed by atoms with Gasteiger partial charge in [-0.05, 0) is 87.1 Å². The van der Waals surface area contributed by atoms with Gasteiger partial charge in [-0.1, -0.05) is 30.3 Å². The second-order valence-electron chi connectivity index (χ2n) is 11.3.